The van der Waals surface area contributed by atoms with Gasteiger partial charge in [-0.15, -0.1) is 11.8 Å². The zero-order valence-corrected chi connectivity index (χ0v) is 22.0. The van der Waals surface area contributed by atoms with Gasteiger partial charge >= 0.3 is 5.97 Å². The predicted octanol–water partition coefficient (Wildman–Crippen LogP) is 6.19. The molecule has 36 heavy (non-hydrogen) atoms. The summed E-state index contributed by atoms with van der Waals surface area (Å²) in [7, 11) is 1.61. The van der Waals surface area contributed by atoms with Crippen LogP contribution in [0.25, 0.3) is 0 Å². The van der Waals surface area contributed by atoms with Crippen LogP contribution in [0.2, 0.25) is 0 Å². The number of methoxy groups -OCH3 is 1. The van der Waals surface area contributed by atoms with Gasteiger partial charge in [0.15, 0.2) is 5.11 Å². The molecule has 7 nitrogen and oxygen atoms in total. The van der Waals surface area contributed by atoms with Crippen molar-refractivity contribution in [3.05, 3.63) is 78.4 Å². The van der Waals surface area contributed by atoms with E-state index in [0.717, 1.165) is 16.3 Å². The maximum atomic E-state index is 12.9. The number of hydrogen-bond donors (Lipinski definition) is 3. The molecule has 0 saturated carbocycles. The number of esters is 1. The van der Waals surface area contributed by atoms with Gasteiger partial charge in [0, 0.05) is 16.3 Å². The van der Waals surface area contributed by atoms with Gasteiger partial charge in [-0.3, -0.25) is 4.79 Å². The molecular weight excluding hydrogens is 494 g/mol. The standard InChI is InChI=1S/C27H29N3O4S2/c1-4-24(25(31)28-19-15-13-18(14-16-19)26(32)34-5-2)36-21-10-8-9-20(17-21)29-27(35)30-22-11-6-7-12-23(22)33-3/h6-17,24H,4-5H2,1-3H3,(H,28,31)(H2,29,30,35). The Kier molecular flexibility index (Phi) is 10.1. The van der Waals surface area contributed by atoms with Crippen molar-refractivity contribution in [3.63, 3.8) is 0 Å². The van der Waals surface area contributed by atoms with Gasteiger partial charge in [0.1, 0.15) is 5.75 Å². The zero-order valence-electron chi connectivity index (χ0n) is 20.4. The highest BCUT2D eigenvalue weighted by Crippen LogP contribution is 2.29. The SMILES string of the molecule is CCOC(=O)c1ccc(NC(=O)C(CC)Sc2cccc(NC(=S)Nc3ccccc3OC)c2)cc1. The molecule has 0 saturated heterocycles. The second-order valence-corrected chi connectivity index (χ2v) is 9.29. The smallest absolute Gasteiger partial charge is 0.338 e. The average Bonchev–Trinajstić information content (AvgIpc) is 2.88. The lowest BCUT2D eigenvalue weighted by molar-refractivity contribution is -0.115. The molecular formula is C27H29N3O4S2. The Morgan fingerprint density at radius 3 is 2.36 bits per heavy atom. The van der Waals surface area contributed by atoms with Gasteiger partial charge in [-0.05, 0) is 80.2 Å². The molecule has 9 heteroatoms. The summed E-state index contributed by atoms with van der Waals surface area (Å²) >= 11 is 6.93. The molecule has 0 aliphatic rings. The number of rotatable bonds is 10. The lowest BCUT2D eigenvalue weighted by atomic mass is 10.2. The minimum Gasteiger partial charge on any atom is -0.495 e. The van der Waals surface area contributed by atoms with Crippen molar-refractivity contribution in [1.29, 1.82) is 0 Å². The second kappa shape index (κ2) is 13.5. The van der Waals surface area contributed by atoms with Gasteiger partial charge in [0.05, 0.1) is 30.2 Å². The minimum absolute atomic E-state index is 0.113. The molecule has 0 fully saturated rings. The van der Waals surface area contributed by atoms with Crippen LogP contribution in [0.1, 0.15) is 30.6 Å². The molecule has 188 valence electrons. The fourth-order valence-corrected chi connectivity index (χ4v) is 4.53. The van der Waals surface area contributed by atoms with Crippen molar-refractivity contribution in [3.8, 4) is 5.75 Å². The zero-order chi connectivity index (χ0) is 25.9. The summed E-state index contributed by atoms with van der Waals surface area (Å²) in [6.07, 6.45) is 0.642. The van der Waals surface area contributed by atoms with Crippen molar-refractivity contribution in [2.45, 2.75) is 30.4 Å². The van der Waals surface area contributed by atoms with E-state index in [2.05, 4.69) is 16.0 Å². The summed E-state index contributed by atoms with van der Waals surface area (Å²) in [5.74, 6) is 0.194. The molecule has 0 aliphatic heterocycles. The van der Waals surface area contributed by atoms with E-state index >= 15 is 0 Å². The predicted molar refractivity (Wildman–Crippen MR) is 150 cm³/mol. The van der Waals surface area contributed by atoms with Crippen LogP contribution < -0.4 is 20.7 Å². The molecule has 0 spiro atoms. The molecule has 0 aromatic heterocycles. The number of thiocarbonyl (C=S) groups is 1. The van der Waals surface area contributed by atoms with Crippen molar-refractivity contribution in [1.82, 2.24) is 0 Å². The number of thioether (sulfide) groups is 1. The number of hydrogen-bond acceptors (Lipinski definition) is 6. The molecule has 0 bridgehead atoms. The average molecular weight is 524 g/mol. The molecule has 3 aromatic rings. The number of anilines is 3. The summed E-state index contributed by atoms with van der Waals surface area (Å²) in [6.45, 7) is 4.04. The van der Waals surface area contributed by atoms with E-state index in [1.54, 1.807) is 38.3 Å². The van der Waals surface area contributed by atoms with Crippen LogP contribution in [0.4, 0.5) is 17.1 Å². The van der Waals surface area contributed by atoms with Gasteiger partial charge in [0.25, 0.3) is 0 Å². The molecule has 3 N–H and O–H groups in total. The Morgan fingerprint density at radius 1 is 0.917 bits per heavy atom. The highest BCUT2D eigenvalue weighted by Gasteiger charge is 2.19. The second-order valence-electron chi connectivity index (χ2n) is 7.61. The van der Waals surface area contributed by atoms with Gasteiger partial charge in [-0.2, -0.15) is 0 Å². The number of nitrogens with one attached hydrogen (secondary N) is 3. The minimum atomic E-state index is -0.386. The largest absolute Gasteiger partial charge is 0.495 e. The Bertz CT molecular complexity index is 1200. The van der Waals surface area contributed by atoms with Gasteiger partial charge < -0.3 is 25.4 Å². The summed E-state index contributed by atoms with van der Waals surface area (Å²) in [6, 6.07) is 21.9. The Hall–Kier alpha value is -3.56. The van der Waals surface area contributed by atoms with E-state index in [-0.39, 0.29) is 17.1 Å². The number of ether oxygens (including phenoxy) is 2. The van der Waals surface area contributed by atoms with Crippen molar-refractivity contribution < 1.29 is 19.1 Å². The maximum Gasteiger partial charge on any atom is 0.338 e. The molecule has 0 radical (unpaired) electrons. The summed E-state index contributed by atoms with van der Waals surface area (Å²) in [4.78, 5) is 25.7. The normalized spacial score (nSPS) is 11.2. The van der Waals surface area contributed by atoms with E-state index in [1.165, 1.54) is 11.8 Å². The Labute approximate surface area is 221 Å². The van der Waals surface area contributed by atoms with E-state index < -0.39 is 0 Å². The van der Waals surface area contributed by atoms with Gasteiger partial charge in [0.2, 0.25) is 5.91 Å². The molecule has 0 heterocycles. The highest BCUT2D eigenvalue weighted by atomic mass is 32.2. The first-order valence-corrected chi connectivity index (χ1v) is 12.8. The van der Waals surface area contributed by atoms with Crippen LogP contribution in [-0.2, 0) is 9.53 Å². The van der Waals surface area contributed by atoms with Crippen LogP contribution in [-0.4, -0.2) is 36.0 Å². The van der Waals surface area contributed by atoms with Crippen molar-refractivity contribution in [2.75, 3.05) is 29.7 Å². The third-order valence-electron chi connectivity index (χ3n) is 5.05. The Balaban J connectivity index is 1.60. The Morgan fingerprint density at radius 2 is 1.67 bits per heavy atom. The number of benzene rings is 3. The van der Waals surface area contributed by atoms with Gasteiger partial charge in [-0.1, -0.05) is 25.1 Å². The molecule has 1 amide bonds. The van der Waals surface area contributed by atoms with Crippen LogP contribution in [0.5, 0.6) is 5.75 Å². The topological polar surface area (TPSA) is 88.7 Å². The number of carbonyl (C=O) groups excluding carboxylic acids is 2. The number of para-hydroxylation sites is 2. The van der Waals surface area contributed by atoms with Crippen molar-refractivity contribution >= 4 is 58.0 Å². The number of amides is 1. The summed E-state index contributed by atoms with van der Waals surface area (Å²) < 4.78 is 10.3. The monoisotopic (exact) mass is 523 g/mol. The van der Waals surface area contributed by atoms with Crippen LogP contribution in [0.15, 0.2) is 77.7 Å². The molecule has 3 rings (SSSR count). The summed E-state index contributed by atoms with van der Waals surface area (Å²) in [5, 5.41) is 9.37. The first-order valence-electron chi connectivity index (χ1n) is 11.5. The van der Waals surface area contributed by atoms with Crippen LogP contribution >= 0.6 is 24.0 Å². The van der Waals surface area contributed by atoms with Crippen LogP contribution in [0, 0.1) is 0 Å². The highest BCUT2D eigenvalue weighted by molar-refractivity contribution is 8.00. The number of carbonyl (C=O) groups is 2. The third-order valence-corrected chi connectivity index (χ3v) is 6.61. The molecule has 1 atom stereocenters. The summed E-state index contributed by atoms with van der Waals surface area (Å²) in [5.41, 5.74) is 2.63. The lowest BCUT2D eigenvalue weighted by Crippen LogP contribution is -2.24. The van der Waals surface area contributed by atoms with E-state index in [1.807, 2.05) is 55.5 Å². The lowest BCUT2D eigenvalue weighted by Gasteiger charge is -2.16. The first-order chi connectivity index (χ1) is 17.4. The maximum absolute atomic E-state index is 12.9. The fraction of sp³-hybridized carbons (Fsp3) is 0.222. The quantitative estimate of drug-likeness (QED) is 0.165. The van der Waals surface area contributed by atoms with Gasteiger partial charge in [-0.25, -0.2) is 4.79 Å². The molecule has 1 unspecified atom stereocenters. The molecule has 0 aliphatic carbocycles. The van der Waals surface area contributed by atoms with E-state index in [4.69, 9.17) is 21.7 Å². The van der Waals surface area contributed by atoms with Crippen LogP contribution in [0.3, 0.4) is 0 Å². The van der Waals surface area contributed by atoms with Crippen molar-refractivity contribution in [2.24, 2.45) is 0 Å². The first kappa shape index (κ1) is 27.0. The third kappa shape index (κ3) is 7.73. The molecule has 3 aromatic carbocycles. The van der Waals surface area contributed by atoms with E-state index in [0.29, 0.717) is 35.1 Å². The fourth-order valence-electron chi connectivity index (χ4n) is 3.29. The van der Waals surface area contributed by atoms with E-state index in [9.17, 15) is 9.59 Å².